The van der Waals surface area contributed by atoms with Gasteiger partial charge in [-0.1, -0.05) is 17.7 Å². The van der Waals surface area contributed by atoms with Crippen molar-refractivity contribution in [3.8, 4) is 0 Å². The minimum Gasteiger partial charge on any atom is -0.389 e. The zero-order chi connectivity index (χ0) is 12.4. The fraction of sp³-hybridized carbons (Fsp3) is 0.500. The van der Waals surface area contributed by atoms with Gasteiger partial charge in [-0.2, -0.15) is 0 Å². The van der Waals surface area contributed by atoms with E-state index in [1.807, 2.05) is 30.1 Å². The van der Waals surface area contributed by atoms with Crippen molar-refractivity contribution in [2.24, 2.45) is 0 Å². The maximum absolute atomic E-state index is 9.58. The van der Waals surface area contributed by atoms with E-state index in [0.717, 1.165) is 17.8 Å². The summed E-state index contributed by atoms with van der Waals surface area (Å²) in [5.41, 5.74) is 2.08. The van der Waals surface area contributed by atoms with E-state index in [1.165, 1.54) is 0 Å². The third kappa shape index (κ3) is 2.72. The molecule has 1 aliphatic heterocycles. The smallest absolute Gasteiger partial charge is 0.0990 e. The molecule has 2 unspecified atom stereocenters. The Labute approximate surface area is 106 Å². The van der Waals surface area contributed by atoms with E-state index >= 15 is 0 Å². The lowest BCUT2D eigenvalue weighted by atomic mass is 10.1. The Morgan fingerprint density at radius 3 is 2.59 bits per heavy atom. The van der Waals surface area contributed by atoms with Crippen LogP contribution in [0.5, 0.6) is 0 Å². The van der Waals surface area contributed by atoms with Crippen LogP contribution in [0.15, 0.2) is 18.2 Å². The van der Waals surface area contributed by atoms with Crippen LogP contribution in [-0.2, 0) is 6.54 Å². The molecule has 0 amide bonds. The van der Waals surface area contributed by atoms with Gasteiger partial charge >= 0.3 is 0 Å². The highest BCUT2D eigenvalue weighted by Crippen LogP contribution is 2.28. The molecule has 5 heteroatoms. The molecule has 2 rings (SSSR count). The fourth-order valence-electron chi connectivity index (χ4n) is 2.14. The molecule has 1 fully saturated rings. The van der Waals surface area contributed by atoms with Crippen LogP contribution in [0.1, 0.15) is 5.56 Å². The van der Waals surface area contributed by atoms with Gasteiger partial charge in [0.15, 0.2) is 0 Å². The first-order valence-corrected chi connectivity index (χ1v) is 6.03. The molecule has 1 heterocycles. The first kappa shape index (κ1) is 12.6. The standard InChI is InChI=1S/C12H17ClN2O2/c1-14-5-8-2-3-9(13)4-10(8)15-6-11(16)12(17)7-15/h2-4,11-12,14,16-17H,5-7H2,1H3. The number of anilines is 1. The molecule has 0 aliphatic carbocycles. The van der Waals surface area contributed by atoms with E-state index < -0.39 is 12.2 Å². The molecule has 0 spiro atoms. The van der Waals surface area contributed by atoms with Crippen LogP contribution in [0.4, 0.5) is 5.69 Å². The Balaban J connectivity index is 2.27. The summed E-state index contributed by atoms with van der Waals surface area (Å²) in [6.45, 7) is 1.62. The third-order valence-electron chi connectivity index (χ3n) is 3.01. The monoisotopic (exact) mass is 256 g/mol. The Kier molecular flexibility index (Phi) is 3.89. The van der Waals surface area contributed by atoms with Gasteiger partial charge in [-0.3, -0.25) is 0 Å². The van der Waals surface area contributed by atoms with Gasteiger partial charge in [0.25, 0.3) is 0 Å². The molecular weight excluding hydrogens is 240 g/mol. The van der Waals surface area contributed by atoms with Gasteiger partial charge in [0.2, 0.25) is 0 Å². The largest absolute Gasteiger partial charge is 0.389 e. The first-order chi connectivity index (χ1) is 8.11. The summed E-state index contributed by atoms with van der Waals surface area (Å²) in [5.74, 6) is 0. The summed E-state index contributed by atoms with van der Waals surface area (Å²) in [4.78, 5) is 1.97. The molecule has 0 saturated carbocycles. The Morgan fingerprint density at radius 1 is 1.35 bits per heavy atom. The zero-order valence-corrected chi connectivity index (χ0v) is 10.5. The summed E-state index contributed by atoms with van der Waals surface area (Å²) in [6, 6.07) is 5.69. The molecular formula is C12H17ClN2O2. The van der Waals surface area contributed by atoms with Crippen LogP contribution in [0, 0.1) is 0 Å². The molecule has 0 bridgehead atoms. The molecule has 4 nitrogen and oxygen atoms in total. The van der Waals surface area contributed by atoms with E-state index in [-0.39, 0.29) is 0 Å². The van der Waals surface area contributed by atoms with Gasteiger partial charge in [-0.25, -0.2) is 0 Å². The number of hydrogen-bond donors (Lipinski definition) is 3. The number of nitrogens with one attached hydrogen (secondary N) is 1. The number of aliphatic hydroxyl groups excluding tert-OH is 2. The average Bonchev–Trinajstić information content (AvgIpc) is 2.62. The highest BCUT2D eigenvalue weighted by Gasteiger charge is 2.30. The second-order valence-corrected chi connectivity index (χ2v) is 4.78. The molecule has 3 N–H and O–H groups in total. The van der Waals surface area contributed by atoms with E-state index in [4.69, 9.17) is 11.6 Å². The summed E-state index contributed by atoms with van der Waals surface area (Å²) >= 11 is 6.00. The van der Waals surface area contributed by atoms with Crippen LogP contribution >= 0.6 is 11.6 Å². The number of β-amino-alcohol motifs (C(OH)–C–C–N with tert-alkyl or cyclic N) is 2. The topological polar surface area (TPSA) is 55.7 Å². The van der Waals surface area contributed by atoms with Crippen molar-refractivity contribution in [3.63, 3.8) is 0 Å². The fourth-order valence-corrected chi connectivity index (χ4v) is 2.30. The van der Waals surface area contributed by atoms with E-state index in [0.29, 0.717) is 18.1 Å². The van der Waals surface area contributed by atoms with E-state index in [9.17, 15) is 10.2 Å². The second kappa shape index (κ2) is 5.23. The Morgan fingerprint density at radius 2 is 2.00 bits per heavy atom. The summed E-state index contributed by atoms with van der Waals surface area (Å²) in [5, 5.41) is 22.9. The van der Waals surface area contributed by atoms with Crippen molar-refractivity contribution in [2.75, 3.05) is 25.0 Å². The van der Waals surface area contributed by atoms with Gasteiger partial charge in [0.1, 0.15) is 0 Å². The van der Waals surface area contributed by atoms with E-state index in [1.54, 1.807) is 0 Å². The Bertz CT molecular complexity index is 390. The second-order valence-electron chi connectivity index (χ2n) is 4.34. The van der Waals surface area contributed by atoms with Crippen molar-refractivity contribution in [1.82, 2.24) is 5.32 Å². The van der Waals surface area contributed by atoms with Crippen molar-refractivity contribution >= 4 is 17.3 Å². The molecule has 94 valence electrons. The zero-order valence-electron chi connectivity index (χ0n) is 9.73. The quantitative estimate of drug-likeness (QED) is 0.742. The number of halogens is 1. The maximum atomic E-state index is 9.58. The first-order valence-electron chi connectivity index (χ1n) is 5.66. The number of aliphatic hydroxyl groups is 2. The summed E-state index contributed by atoms with van der Waals surface area (Å²) in [6.07, 6.45) is -1.37. The van der Waals surface area contributed by atoms with Crippen LogP contribution in [-0.4, -0.2) is 42.6 Å². The molecule has 1 aromatic carbocycles. The minimum atomic E-state index is -0.684. The molecule has 1 saturated heterocycles. The summed E-state index contributed by atoms with van der Waals surface area (Å²) < 4.78 is 0. The van der Waals surface area contributed by atoms with Crippen LogP contribution in [0.2, 0.25) is 5.02 Å². The number of nitrogens with zero attached hydrogens (tertiary/aromatic N) is 1. The van der Waals surface area contributed by atoms with Gasteiger partial charge < -0.3 is 20.4 Å². The SMILES string of the molecule is CNCc1ccc(Cl)cc1N1CC(O)C(O)C1. The average molecular weight is 257 g/mol. The third-order valence-corrected chi connectivity index (χ3v) is 3.25. The van der Waals surface area contributed by atoms with Crippen molar-refractivity contribution in [3.05, 3.63) is 28.8 Å². The predicted molar refractivity (Wildman–Crippen MR) is 68.4 cm³/mol. The molecule has 17 heavy (non-hydrogen) atoms. The predicted octanol–water partition coefficient (Wildman–Crippen LogP) is 0.601. The molecule has 1 aliphatic rings. The highest BCUT2D eigenvalue weighted by atomic mass is 35.5. The molecule has 1 aromatic rings. The van der Waals surface area contributed by atoms with Gasteiger partial charge in [-0.05, 0) is 24.7 Å². The molecule has 0 aromatic heterocycles. The maximum Gasteiger partial charge on any atom is 0.0990 e. The van der Waals surface area contributed by atoms with Gasteiger partial charge in [-0.15, -0.1) is 0 Å². The molecule has 0 radical (unpaired) electrons. The number of benzene rings is 1. The van der Waals surface area contributed by atoms with Gasteiger partial charge in [0.05, 0.1) is 12.2 Å². The van der Waals surface area contributed by atoms with Crippen molar-refractivity contribution < 1.29 is 10.2 Å². The Hall–Kier alpha value is -0.810. The lowest BCUT2D eigenvalue weighted by molar-refractivity contribution is 0.0572. The number of hydrogen-bond acceptors (Lipinski definition) is 4. The molecule has 2 atom stereocenters. The van der Waals surface area contributed by atoms with Crippen molar-refractivity contribution in [1.29, 1.82) is 0 Å². The van der Waals surface area contributed by atoms with Crippen LogP contribution < -0.4 is 10.2 Å². The number of rotatable bonds is 3. The van der Waals surface area contributed by atoms with Crippen molar-refractivity contribution in [2.45, 2.75) is 18.8 Å². The summed E-state index contributed by atoms with van der Waals surface area (Å²) in [7, 11) is 1.88. The lowest BCUT2D eigenvalue weighted by Gasteiger charge is -2.21. The normalized spacial score (nSPS) is 24.4. The van der Waals surface area contributed by atoms with E-state index in [2.05, 4.69) is 5.32 Å². The van der Waals surface area contributed by atoms with Gasteiger partial charge in [0, 0.05) is 30.3 Å². The van der Waals surface area contributed by atoms with Crippen LogP contribution in [0.25, 0.3) is 0 Å². The highest BCUT2D eigenvalue weighted by molar-refractivity contribution is 6.30. The lowest BCUT2D eigenvalue weighted by Crippen LogP contribution is -2.23. The minimum absolute atomic E-state index is 0.443. The van der Waals surface area contributed by atoms with Crippen LogP contribution in [0.3, 0.4) is 0 Å².